The number of hydrogen-bond acceptors (Lipinski definition) is 2. The fourth-order valence-corrected chi connectivity index (χ4v) is 3.84. The molecule has 2 heterocycles. The molecule has 0 saturated carbocycles. The average molecular weight is 306 g/mol. The standard InChI is InChI=1S/C21H26N2/c1-14(2)16-5-7-20-18(9-16)11-22-13-23(20)12-19-10-17(15(3)4)6-8-21(19)22/h5-10,14-15H,11-13H2,1-4H3. The largest absolute Gasteiger partial charge is 0.349 e. The molecule has 2 nitrogen and oxygen atoms in total. The first-order valence-electron chi connectivity index (χ1n) is 8.78. The van der Waals surface area contributed by atoms with Crippen LogP contribution in [-0.4, -0.2) is 6.67 Å². The zero-order chi connectivity index (χ0) is 16.1. The van der Waals surface area contributed by atoms with E-state index in [1.54, 1.807) is 0 Å². The van der Waals surface area contributed by atoms with E-state index in [9.17, 15) is 0 Å². The number of nitrogens with zero attached hydrogens (tertiary/aromatic N) is 2. The van der Waals surface area contributed by atoms with Crippen LogP contribution in [0, 0.1) is 0 Å². The van der Waals surface area contributed by atoms with Gasteiger partial charge < -0.3 is 9.80 Å². The van der Waals surface area contributed by atoms with Gasteiger partial charge in [-0.15, -0.1) is 0 Å². The van der Waals surface area contributed by atoms with Crippen molar-refractivity contribution in [3.63, 3.8) is 0 Å². The molecule has 0 fully saturated rings. The Morgan fingerprint density at radius 3 is 1.52 bits per heavy atom. The smallest absolute Gasteiger partial charge is 0.0910 e. The molecular weight excluding hydrogens is 280 g/mol. The fourth-order valence-electron chi connectivity index (χ4n) is 3.84. The molecular formula is C21H26N2. The van der Waals surface area contributed by atoms with Crippen LogP contribution in [0.2, 0.25) is 0 Å². The lowest BCUT2D eigenvalue weighted by molar-refractivity contribution is 0.647. The molecule has 0 unspecified atom stereocenters. The molecule has 2 heteroatoms. The summed E-state index contributed by atoms with van der Waals surface area (Å²) in [4.78, 5) is 5.05. The van der Waals surface area contributed by atoms with Gasteiger partial charge in [0.15, 0.2) is 0 Å². The minimum absolute atomic E-state index is 0.591. The van der Waals surface area contributed by atoms with E-state index in [0.717, 1.165) is 19.8 Å². The van der Waals surface area contributed by atoms with E-state index < -0.39 is 0 Å². The molecule has 0 spiro atoms. The van der Waals surface area contributed by atoms with Crippen LogP contribution in [0.1, 0.15) is 61.8 Å². The maximum atomic E-state index is 2.52. The van der Waals surface area contributed by atoms with Crippen LogP contribution < -0.4 is 9.80 Å². The van der Waals surface area contributed by atoms with E-state index >= 15 is 0 Å². The highest BCUT2D eigenvalue weighted by Gasteiger charge is 2.29. The average Bonchev–Trinajstić information content (AvgIpc) is 2.53. The Balaban J connectivity index is 1.74. The van der Waals surface area contributed by atoms with E-state index in [0.29, 0.717) is 11.8 Å². The van der Waals surface area contributed by atoms with Gasteiger partial charge >= 0.3 is 0 Å². The van der Waals surface area contributed by atoms with Gasteiger partial charge in [-0.1, -0.05) is 52.0 Å². The van der Waals surface area contributed by atoms with E-state index in [1.165, 1.54) is 33.6 Å². The Kier molecular flexibility index (Phi) is 3.37. The van der Waals surface area contributed by atoms with E-state index in [4.69, 9.17) is 0 Å². The molecule has 4 rings (SSSR count). The van der Waals surface area contributed by atoms with Gasteiger partial charge in [0.2, 0.25) is 0 Å². The van der Waals surface area contributed by atoms with Crippen LogP contribution in [0.5, 0.6) is 0 Å². The van der Waals surface area contributed by atoms with E-state index in [-0.39, 0.29) is 0 Å². The number of benzene rings is 2. The Morgan fingerprint density at radius 2 is 1.13 bits per heavy atom. The molecule has 120 valence electrons. The third-order valence-corrected chi connectivity index (χ3v) is 5.29. The van der Waals surface area contributed by atoms with Crippen LogP contribution >= 0.6 is 0 Å². The van der Waals surface area contributed by atoms with Crippen molar-refractivity contribution in [1.29, 1.82) is 0 Å². The van der Waals surface area contributed by atoms with Gasteiger partial charge in [0.25, 0.3) is 0 Å². The van der Waals surface area contributed by atoms with Crippen LogP contribution in [0.15, 0.2) is 36.4 Å². The van der Waals surface area contributed by atoms with Crippen molar-refractivity contribution >= 4 is 11.4 Å². The van der Waals surface area contributed by atoms with Crippen molar-refractivity contribution in [2.24, 2.45) is 0 Å². The Hall–Kier alpha value is -1.96. The molecule has 0 radical (unpaired) electrons. The van der Waals surface area contributed by atoms with Crippen molar-refractivity contribution in [1.82, 2.24) is 0 Å². The molecule has 2 aliphatic heterocycles. The Labute approximate surface area is 139 Å². The zero-order valence-corrected chi connectivity index (χ0v) is 14.6. The lowest BCUT2D eigenvalue weighted by Crippen LogP contribution is -2.46. The van der Waals surface area contributed by atoms with Crippen LogP contribution in [0.4, 0.5) is 11.4 Å². The predicted octanol–water partition coefficient (Wildman–Crippen LogP) is 5.23. The van der Waals surface area contributed by atoms with Gasteiger partial charge in [0.1, 0.15) is 0 Å². The van der Waals surface area contributed by atoms with Crippen molar-refractivity contribution in [3.05, 3.63) is 58.7 Å². The molecule has 23 heavy (non-hydrogen) atoms. The van der Waals surface area contributed by atoms with Crippen molar-refractivity contribution in [2.75, 3.05) is 16.5 Å². The van der Waals surface area contributed by atoms with E-state index in [2.05, 4.69) is 73.9 Å². The second-order valence-electron chi connectivity index (χ2n) is 7.62. The second-order valence-corrected chi connectivity index (χ2v) is 7.62. The minimum Gasteiger partial charge on any atom is -0.349 e. The van der Waals surface area contributed by atoms with Crippen molar-refractivity contribution in [3.8, 4) is 0 Å². The molecule has 0 aromatic heterocycles. The molecule has 2 aromatic rings. The summed E-state index contributed by atoms with van der Waals surface area (Å²) in [7, 11) is 0. The minimum atomic E-state index is 0.591. The van der Waals surface area contributed by atoms with Gasteiger partial charge in [-0.3, -0.25) is 0 Å². The summed E-state index contributed by atoms with van der Waals surface area (Å²) >= 11 is 0. The molecule has 2 aromatic carbocycles. The summed E-state index contributed by atoms with van der Waals surface area (Å²) in [5, 5.41) is 0. The quantitative estimate of drug-likeness (QED) is 0.749. The molecule has 0 saturated heterocycles. The SMILES string of the molecule is CC(C)c1ccc2c(c1)CN1CN2Cc2cc(C(C)C)ccc21. The topological polar surface area (TPSA) is 6.48 Å². The van der Waals surface area contributed by atoms with Crippen molar-refractivity contribution < 1.29 is 0 Å². The maximum Gasteiger partial charge on any atom is 0.0910 e. The number of rotatable bonds is 2. The van der Waals surface area contributed by atoms with Gasteiger partial charge in [0, 0.05) is 24.5 Å². The van der Waals surface area contributed by atoms with Crippen LogP contribution in [0.3, 0.4) is 0 Å². The second kappa shape index (κ2) is 5.30. The summed E-state index contributed by atoms with van der Waals surface area (Å²) < 4.78 is 0. The van der Waals surface area contributed by atoms with Gasteiger partial charge in [-0.2, -0.15) is 0 Å². The Morgan fingerprint density at radius 1 is 0.696 bits per heavy atom. The zero-order valence-electron chi connectivity index (χ0n) is 14.6. The van der Waals surface area contributed by atoms with Crippen molar-refractivity contribution in [2.45, 2.75) is 52.6 Å². The summed E-state index contributed by atoms with van der Waals surface area (Å²) in [5.74, 6) is 1.18. The molecule has 0 amide bonds. The number of hydrogen-bond donors (Lipinski definition) is 0. The first-order chi connectivity index (χ1) is 11.0. The predicted molar refractivity (Wildman–Crippen MR) is 98.3 cm³/mol. The van der Waals surface area contributed by atoms with E-state index in [1.807, 2.05) is 0 Å². The molecule has 2 aliphatic rings. The lowest BCUT2D eigenvalue weighted by Gasteiger charge is -2.45. The fraction of sp³-hybridized carbons (Fsp3) is 0.429. The normalized spacial score (nSPS) is 15.9. The lowest BCUT2D eigenvalue weighted by atomic mass is 9.94. The van der Waals surface area contributed by atoms with Gasteiger partial charge in [0.05, 0.1) is 6.67 Å². The molecule has 0 atom stereocenters. The summed E-state index contributed by atoms with van der Waals surface area (Å²) in [6.07, 6.45) is 0. The van der Waals surface area contributed by atoms with Crippen LogP contribution in [-0.2, 0) is 13.1 Å². The third kappa shape index (κ3) is 2.41. The number of anilines is 2. The monoisotopic (exact) mass is 306 g/mol. The summed E-state index contributed by atoms with van der Waals surface area (Å²) in [6.45, 7) is 12.2. The van der Waals surface area contributed by atoms with Gasteiger partial charge in [-0.05, 0) is 46.2 Å². The first-order valence-corrected chi connectivity index (χ1v) is 8.78. The molecule has 0 aliphatic carbocycles. The maximum absolute atomic E-state index is 2.52. The highest BCUT2D eigenvalue weighted by atomic mass is 15.4. The van der Waals surface area contributed by atoms with Gasteiger partial charge in [-0.25, -0.2) is 0 Å². The van der Waals surface area contributed by atoms with Crippen LogP contribution in [0.25, 0.3) is 0 Å². The molecule has 2 bridgehead atoms. The Bertz CT molecular complexity index is 682. The summed E-state index contributed by atoms with van der Waals surface area (Å²) in [6, 6.07) is 14.1. The summed E-state index contributed by atoms with van der Waals surface area (Å²) in [5.41, 5.74) is 8.68. The third-order valence-electron chi connectivity index (χ3n) is 5.29. The highest BCUT2D eigenvalue weighted by molar-refractivity contribution is 5.68. The first kappa shape index (κ1) is 14.6. The molecule has 0 N–H and O–H groups in total. The number of fused-ring (bicyclic) bond motifs is 6. The highest BCUT2D eigenvalue weighted by Crippen LogP contribution is 2.39.